The molecule has 1 N–H and O–H groups in total. The summed E-state index contributed by atoms with van der Waals surface area (Å²) in [6.07, 6.45) is 1.75. The molecule has 0 fully saturated rings. The first kappa shape index (κ1) is 17.7. The molecule has 0 radical (unpaired) electrons. The van der Waals surface area contributed by atoms with Crippen molar-refractivity contribution in [2.75, 3.05) is 5.32 Å². The first-order valence-corrected chi connectivity index (χ1v) is 10.1. The number of aromatic nitrogens is 3. The van der Waals surface area contributed by atoms with Crippen LogP contribution < -0.4 is 10.9 Å². The standard InChI is InChI=1S/C25H18N4O2/c1-15-20-21(18-12-7-8-14-26-18)22-23(17-11-5-6-13-19(17)31-25(22)30)27-24(20)29(28-15)16-9-3-2-4-10-16/h2-14,21,27H,1H3. The number of anilines is 2. The monoisotopic (exact) mass is 406 g/mol. The summed E-state index contributed by atoms with van der Waals surface area (Å²) in [4.78, 5) is 17.8. The van der Waals surface area contributed by atoms with Crippen molar-refractivity contribution in [1.29, 1.82) is 0 Å². The van der Waals surface area contributed by atoms with E-state index in [-0.39, 0.29) is 11.5 Å². The van der Waals surface area contributed by atoms with Gasteiger partial charge in [-0.3, -0.25) is 4.98 Å². The number of pyridine rings is 1. The van der Waals surface area contributed by atoms with Crippen molar-refractivity contribution in [3.63, 3.8) is 0 Å². The minimum Gasteiger partial charge on any atom is -0.422 e. The lowest BCUT2D eigenvalue weighted by molar-refractivity contribution is 0.548. The van der Waals surface area contributed by atoms with E-state index in [0.29, 0.717) is 11.1 Å². The van der Waals surface area contributed by atoms with Crippen LogP contribution in [0.4, 0.5) is 11.5 Å². The number of aryl methyl sites for hydroxylation is 1. The molecular weight excluding hydrogens is 388 g/mol. The maximum absolute atomic E-state index is 13.2. The van der Waals surface area contributed by atoms with E-state index in [4.69, 9.17) is 9.52 Å². The number of rotatable bonds is 2. The lowest BCUT2D eigenvalue weighted by atomic mass is 9.84. The minimum atomic E-state index is -0.384. The van der Waals surface area contributed by atoms with E-state index in [2.05, 4.69) is 10.3 Å². The van der Waals surface area contributed by atoms with Crippen molar-refractivity contribution in [2.45, 2.75) is 12.8 Å². The molecule has 6 nitrogen and oxygen atoms in total. The zero-order chi connectivity index (χ0) is 20.9. The fourth-order valence-electron chi connectivity index (χ4n) is 4.43. The fourth-order valence-corrected chi connectivity index (χ4v) is 4.43. The van der Waals surface area contributed by atoms with Crippen LogP contribution in [-0.4, -0.2) is 14.8 Å². The lowest BCUT2D eigenvalue weighted by Crippen LogP contribution is -2.23. The van der Waals surface area contributed by atoms with Crippen LogP contribution in [0.25, 0.3) is 16.7 Å². The smallest absolute Gasteiger partial charge is 0.342 e. The Morgan fingerprint density at radius 1 is 0.935 bits per heavy atom. The Balaban J connectivity index is 1.72. The van der Waals surface area contributed by atoms with Gasteiger partial charge in [-0.05, 0) is 43.3 Å². The normalized spacial score (nSPS) is 14.7. The van der Waals surface area contributed by atoms with E-state index in [1.807, 2.05) is 84.4 Å². The molecular formula is C25H18N4O2. The maximum Gasteiger partial charge on any atom is 0.342 e. The molecule has 0 saturated carbocycles. The molecule has 5 aromatic rings. The van der Waals surface area contributed by atoms with Crippen molar-refractivity contribution < 1.29 is 4.42 Å². The third kappa shape index (κ3) is 2.61. The summed E-state index contributed by atoms with van der Waals surface area (Å²) in [5.41, 5.74) is 4.96. The molecule has 1 atom stereocenters. The average molecular weight is 406 g/mol. The van der Waals surface area contributed by atoms with Crippen LogP contribution in [0.15, 0.2) is 88.2 Å². The minimum absolute atomic E-state index is 0.366. The van der Waals surface area contributed by atoms with E-state index in [1.54, 1.807) is 6.20 Å². The van der Waals surface area contributed by atoms with Crippen LogP contribution in [0.1, 0.15) is 28.4 Å². The van der Waals surface area contributed by atoms with E-state index in [0.717, 1.165) is 39.5 Å². The van der Waals surface area contributed by atoms with Gasteiger partial charge < -0.3 is 9.73 Å². The second-order valence-corrected chi connectivity index (χ2v) is 7.58. The van der Waals surface area contributed by atoms with Gasteiger partial charge in [-0.1, -0.05) is 36.4 Å². The zero-order valence-corrected chi connectivity index (χ0v) is 16.7. The Morgan fingerprint density at radius 2 is 1.71 bits per heavy atom. The van der Waals surface area contributed by atoms with Crippen molar-refractivity contribution in [3.8, 4) is 5.69 Å². The molecule has 31 heavy (non-hydrogen) atoms. The Labute approximate surface area is 177 Å². The molecule has 6 rings (SSSR count). The fraction of sp³-hybridized carbons (Fsp3) is 0.0800. The summed E-state index contributed by atoms with van der Waals surface area (Å²) in [5, 5.41) is 9.20. The molecule has 0 amide bonds. The van der Waals surface area contributed by atoms with Crippen LogP contribution in [0, 0.1) is 6.92 Å². The number of nitrogens with one attached hydrogen (secondary N) is 1. The molecule has 150 valence electrons. The Morgan fingerprint density at radius 3 is 2.52 bits per heavy atom. The molecule has 0 aliphatic carbocycles. The molecule has 4 heterocycles. The number of benzene rings is 2. The number of fused-ring (bicyclic) bond motifs is 4. The van der Waals surface area contributed by atoms with Gasteiger partial charge in [-0.2, -0.15) is 5.10 Å². The second kappa shape index (κ2) is 6.67. The molecule has 1 aliphatic heterocycles. The van der Waals surface area contributed by atoms with Crippen LogP contribution in [0.5, 0.6) is 0 Å². The summed E-state index contributed by atoms with van der Waals surface area (Å²) >= 11 is 0. The lowest BCUT2D eigenvalue weighted by Gasteiger charge is -2.27. The van der Waals surface area contributed by atoms with Crippen LogP contribution >= 0.6 is 0 Å². The van der Waals surface area contributed by atoms with E-state index in [9.17, 15) is 4.79 Å². The number of para-hydroxylation sites is 2. The number of hydrogen-bond donors (Lipinski definition) is 1. The molecule has 0 bridgehead atoms. The predicted molar refractivity (Wildman–Crippen MR) is 119 cm³/mol. The van der Waals surface area contributed by atoms with E-state index >= 15 is 0 Å². The highest BCUT2D eigenvalue weighted by molar-refractivity contribution is 5.96. The highest BCUT2D eigenvalue weighted by Crippen LogP contribution is 2.47. The van der Waals surface area contributed by atoms with Crippen molar-refractivity contribution in [1.82, 2.24) is 14.8 Å². The summed E-state index contributed by atoms with van der Waals surface area (Å²) < 4.78 is 7.60. The largest absolute Gasteiger partial charge is 0.422 e. The third-order valence-corrected chi connectivity index (χ3v) is 5.76. The summed E-state index contributed by atoms with van der Waals surface area (Å²) in [6.45, 7) is 1.96. The topological polar surface area (TPSA) is 73.0 Å². The van der Waals surface area contributed by atoms with E-state index in [1.165, 1.54) is 0 Å². The van der Waals surface area contributed by atoms with Crippen LogP contribution in [-0.2, 0) is 0 Å². The molecule has 1 unspecified atom stereocenters. The summed E-state index contributed by atoms with van der Waals surface area (Å²) in [6, 6.07) is 23.3. The van der Waals surface area contributed by atoms with Crippen molar-refractivity contribution in [2.24, 2.45) is 0 Å². The van der Waals surface area contributed by atoms with Crippen molar-refractivity contribution in [3.05, 3.63) is 112 Å². The highest BCUT2D eigenvalue weighted by atomic mass is 16.4. The van der Waals surface area contributed by atoms with Crippen LogP contribution in [0.3, 0.4) is 0 Å². The Kier molecular flexibility index (Phi) is 3.80. The summed E-state index contributed by atoms with van der Waals surface area (Å²) in [5.74, 6) is 0.452. The van der Waals surface area contributed by atoms with Gasteiger partial charge in [0.25, 0.3) is 0 Å². The zero-order valence-electron chi connectivity index (χ0n) is 16.7. The van der Waals surface area contributed by atoms with Crippen molar-refractivity contribution >= 4 is 22.5 Å². The highest BCUT2D eigenvalue weighted by Gasteiger charge is 2.37. The summed E-state index contributed by atoms with van der Waals surface area (Å²) in [7, 11) is 0. The average Bonchev–Trinajstić information content (AvgIpc) is 3.15. The quantitative estimate of drug-likeness (QED) is 0.413. The van der Waals surface area contributed by atoms with Gasteiger partial charge in [0.2, 0.25) is 0 Å². The number of hydrogen-bond acceptors (Lipinski definition) is 5. The molecule has 0 spiro atoms. The van der Waals surface area contributed by atoms with Gasteiger partial charge in [-0.15, -0.1) is 0 Å². The SMILES string of the molecule is Cc1nn(-c2ccccc2)c2c1C(c1ccccn1)c1c(c3ccccc3oc1=O)N2. The maximum atomic E-state index is 13.2. The molecule has 6 heteroatoms. The first-order valence-electron chi connectivity index (χ1n) is 10.1. The van der Waals surface area contributed by atoms with Crippen LogP contribution in [0.2, 0.25) is 0 Å². The van der Waals surface area contributed by atoms with Gasteiger partial charge >= 0.3 is 5.63 Å². The molecule has 3 aromatic heterocycles. The van der Waals surface area contributed by atoms with Gasteiger partial charge in [0, 0.05) is 17.1 Å². The molecule has 1 aliphatic rings. The van der Waals surface area contributed by atoms with Gasteiger partial charge in [0.05, 0.1) is 34.2 Å². The molecule has 0 saturated heterocycles. The van der Waals surface area contributed by atoms with E-state index < -0.39 is 0 Å². The molecule has 2 aromatic carbocycles. The first-order chi connectivity index (χ1) is 15.2. The predicted octanol–water partition coefficient (Wildman–Crippen LogP) is 4.92. The van der Waals surface area contributed by atoms with Gasteiger partial charge in [-0.25, -0.2) is 9.48 Å². The Hall–Kier alpha value is -4.19. The third-order valence-electron chi connectivity index (χ3n) is 5.76. The second-order valence-electron chi connectivity index (χ2n) is 7.58. The van der Waals surface area contributed by atoms with Gasteiger partial charge in [0.15, 0.2) is 0 Å². The number of nitrogens with zero attached hydrogens (tertiary/aromatic N) is 3. The van der Waals surface area contributed by atoms with Gasteiger partial charge in [0.1, 0.15) is 11.4 Å². The Bertz CT molecular complexity index is 1490.